The molecule has 0 radical (unpaired) electrons. The number of morpholine rings is 1. The van der Waals surface area contributed by atoms with E-state index >= 15 is 0 Å². The van der Waals surface area contributed by atoms with E-state index in [1.807, 2.05) is 0 Å². The highest BCUT2D eigenvalue weighted by molar-refractivity contribution is 7.89. The molecule has 1 unspecified atom stereocenters. The van der Waals surface area contributed by atoms with Crippen molar-refractivity contribution in [1.29, 1.82) is 0 Å². The number of nitrogens with zero attached hydrogens (tertiary/aromatic N) is 3. The normalized spacial score (nSPS) is 22.3. The molecule has 1 saturated heterocycles. The molecule has 9 heteroatoms. The van der Waals surface area contributed by atoms with Crippen molar-refractivity contribution in [3.63, 3.8) is 0 Å². The Morgan fingerprint density at radius 1 is 1.67 bits per heavy atom. The summed E-state index contributed by atoms with van der Waals surface area (Å²) in [6.45, 7) is 0.356. The van der Waals surface area contributed by atoms with Gasteiger partial charge in [-0.05, 0) is 0 Å². The smallest absolute Gasteiger partial charge is 0.263 e. The summed E-state index contributed by atoms with van der Waals surface area (Å²) in [6.07, 6.45) is 0.843. The van der Waals surface area contributed by atoms with Crippen LogP contribution in [0.4, 0.5) is 0 Å². The number of aliphatic hydroxyl groups excluding tert-OH is 1. The third-order valence-electron chi connectivity index (χ3n) is 2.72. The van der Waals surface area contributed by atoms with E-state index < -0.39 is 16.1 Å². The quantitative estimate of drug-likeness (QED) is 0.809. The number of hydrogen-bond donors (Lipinski definition) is 1. The van der Waals surface area contributed by atoms with Gasteiger partial charge in [0.05, 0.1) is 25.6 Å². The van der Waals surface area contributed by atoms with Crippen molar-refractivity contribution in [2.75, 3.05) is 26.3 Å². The molecule has 2 heterocycles. The van der Waals surface area contributed by atoms with Crippen molar-refractivity contribution >= 4 is 21.6 Å². The number of hydrogen-bond acceptors (Lipinski definition) is 5. The number of aromatic nitrogens is 2. The van der Waals surface area contributed by atoms with Crippen molar-refractivity contribution < 1.29 is 18.3 Å². The van der Waals surface area contributed by atoms with Gasteiger partial charge in [-0.25, -0.2) is 13.4 Å². The second kappa shape index (κ2) is 5.14. The van der Waals surface area contributed by atoms with E-state index in [-0.39, 0.29) is 36.5 Å². The summed E-state index contributed by atoms with van der Waals surface area (Å²) in [4.78, 5) is 3.81. The van der Waals surface area contributed by atoms with Crippen LogP contribution in [0.25, 0.3) is 0 Å². The number of aliphatic hydroxyl groups is 1. The third-order valence-corrected chi connectivity index (χ3v) is 5.08. The molecule has 0 saturated carbocycles. The molecular weight excluding hydrogens is 282 g/mol. The zero-order valence-electron chi connectivity index (χ0n) is 9.78. The van der Waals surface area contributed by atoms with Gasteiger partial charge in [-0.15, -0.1) is 0 Å². The first kappa shape index (κ1) is 13.8. The topological polar surface area (TPSA) is 84.7 Å². The average Bonchev–Trinajstić information content (AvgIpc) is 2.70. The minimum atomic E-state index is -3.74. The SMILES string of the molecule is Cn1cnc(S(=O)(=O)N2CCOC(CO)C2)c1Cl. The van der Waals surface area contributed by atoms with Gasteiger partial charge in [0.2, 0.25) is 5.03 Å². The molecule has 7 nitrogen and oxygen atoms in total. The van der Waals surface area contributed by atoms with E-state index in [2.05, 4.69) is 4.98 Å². The molecule has 1 aromatic rings. The van der Waals surface area contributed by atoms with E-state index in [4.69, 9.17) is 21.4 Å². The van der Waals surface area contributed by atoms with Crippen molar-refractivity contribution in [3.05, 3.63) is 11.5 Å². The second-order valence-electron chi connectivity index (χ2n) is 3.99. The molecule has 1 atom stereocenters. The van der Waals surface area contributed by atoms with Crippen LogP contribution in [0.5, 0.6) is 0 Å². The van der Waals surface area contributed by atoms with Crippen LogP contribution >= 0.6 is 11.6 Å². The molecule has 0 aliphatic carbocycles. The number of imidazole rings is 1. The standard InChI is InChI=1S/C9H14ClN3O4S/c1-12-6-11-9(8(12)10)18(15,16)13-2-3-17-7(4-13)5-14/h6-7,14H,2-5H2,1H3. The third kappa shape index (κ3) is 2.39. The van der Waals surface area contributed by atoms with Crippen LogP contribution in [0.15, 0.2) is 11.4 Å². The van der Waals surface area contributed by atoms with Crippen LogP contribution in [-0.4, -0.2) is 59.8 Å². The predicted molar refractivity (Wildman–Crippen MR) is 63.8 cm³/mol. The van der Waals surface area contributed by atoms with E-state index in [0.717, 1.165) is 0 Å². The Balaban J connectivity index is 2.28. The van der Waals surface area contributed by atoms with Gasteiger partial charge in [0.1, 0.15) is 5.15 Å². The molecule has 18 heavy (non-hydrogen) atoms. The zero-order valence-corrected chi connectivity index (χ0v) is 11.4. The molecule has 0 amide bonds. The monoisotopic (exact) mass is 295 g/mol. The zero-order chi connectivity index (χ0) is 13.3. The highest BCUT2D eigenvalue weighted by atomic mass is 35.5. The van der Waals surface area contributed by atoms with Crippen molar-refractivity contribution in [2.24, 2.45) is 7.05 Å². The number of sulfonamides is 1. The number of halogens is 1. The van der Waals surface area contributed by atoms with Gasteiger partial charge in [0.15, 0.2) is 0 Å². The van der Waals surface area contributed by atoms with Gasteiger partial charge in [-0.1, -0.05) is 11.6 Å². The Kier molecular flexibility index (Phi) is 3.93. The van der Waals surface area contributed by atoms with Crippen LogP contribution in [-0.2, 0) is 21.8 Å². The molecule has 2 rings (SSSR count). The Morgan fingerprint density at radius 2 is 2.39 bits per heavy atom. The fourth-order valence-electron chi connectivity index (χ4n) is 1.71. The number of ether oxygens (including phenoxy) is 1. The van der Waals surface area contributed by atoms with E-state index in [9.17, 15) is 8.42 Å². The summed E-state index contributed by atoms with van der Waals surface area (Å²) in [7, 11) is -2.12. The fourth-order valence-corrected chi connectivity index (χ4v) is 3.55. The first-order valence-electron chi connectivity index (χ1n) is 5.36. The summed E-state index contributed by atoms with van der Waals surface area (Å²) in [5.74, 6) is 0. The van der Waals surface area contributed by atoms with Crippen LogP contribution in [0.1, 0.15) is 0 Å². The van der Waals surface area contributed by atoms with E-state index in [1.165, 1.54) is 15.2 Å². The molecule has 1 aromatic heterocycles. The molecular formula is C9H14ClN3O4S. The van der Waals surface area contributed by atoms with Gasteiger partial charge < -0.3 is 14.4 Å². The summed E-state index contributed by atoms with van der Waals surface area (Å²) in [5, 5.41) is 8.92. The summed E-state index contributed by atoms with van der Waals surface area (Å²) in [6, 6.07) is 0. The molecule has 0 spiro atoms. The molecule has 0 bridgehead atoms. The molecule has 0 aromatic carbocycles. The van der Waals surface area contributed by atoms with Gasteiger partial charge in [0.25, 0.3) is 10.0 Å². The Hall–Kier alpha value is -0.670. The molecule has 1 aliphatic heterocycles. The Bertz CT molecular complexity index is 530. The number of rotatable bonds is 3. The van der Waals surface area contributed by atoms with Crippen LogP contribution in [0, 0.1) is 0 Å². The molecule has 1 fully saturated rings. The second-order valence-corrected chi connectivity index (χ2v) is 6.20. The maximum absolute atomic E-state index is 12.3. The lowest BCUT2D eigenvalue weighted by molar-refractivity contribution is -0.0305. The van der Waals surface area contributed by atoms with Crippen molar-refractivity contribution in [2.45, 2.75) is 11.1 Å². The van der Waals surface area contributed by atoms with Crippen molar-refractivity contribution in [3.8, 4) is 0 Å². The highest BCUT2D eigenvalue weighted by Gasteiger charge is 2.33. The maximum Gasteiger partial charge on any atom is 0.263 e. The summed E-state index contributed by atoms with van der Waals surface area (Å²) in [5.41, 5.74) is 0. The van der Waals surface area contributed by atoms with Crippen LogP contribution in [0.2, 0.25) is 5.15 Å². The van der Waals surface area contributed by atoms with Gasteiger partial charge in [0, 0.05) is 20.1 Å². The van der Waals surface area contributed by atoms with E-state index in [0.29, 0.717) is 0 Å². The van der Waals surface area contributed by atoms with Gasteiger partial charge >= 0.3 is 0 Å². The van der Waals surface area contributed by atoms with Crippen LogP contribution < -0.4 is 0 Å². The lowest BCUT2D eigenvalue weighted by atomic mass is 10.3. The summed E-state index contributed by atoms with van der Waals surface area (Å²) < 4.78 is 32.5. The van der Waals surface area contributed by atoms with Gasteiger partial charge in [-0.2, -0.15) is 4.31 Å². The largest absolute Gasteiger partial charge is 0.394 e. The van der Waals surface area contributed by atoms with Crippen LogP contribution in [0.3, 0.4) is 0 Å². The minimum Gasteiger partial charge on any atom is -0.394 e. The highest BCUT2D eigenvalue weighted by Crippen LogP contribution is 2.23. The van der Waals surface area contributed by atoms with Crippen molar-refractivity contribution in [1.82, 2.24) is 13.9 Å². The predicted octanol–water partition coefficient (Wildman–Crippen LogP) is -0.545. The maximum atomic E-state index is 12.3. The Morgan fingerprint density at radius 3 is 2.94 bits per heavy atom. The van der Waals surface area contributed by atoms with E-state index in [1.54, 1.807) is 7.05 Å². The number of aryl methyl sites for hydroxylation is 1. The minimum absolute atomic E-state index is 0.0713. The summed E-state index contributed by atoms with van der Waals surface area (Å²) >= 11 is 5.90. The molecule has 1 N–H and O–H groups in total. The first-order valence-corrected chi connectivity index (χ1v) is 7.18. The molecule has 1 aliphatic rings. The van der Waals surface area contributed by atoms with Gasteiger partial charge in [-0.3, -0.25) is 0 Å². The first-order chi connectivity index (χ1) is 8.46. The Labute approximate surface area is 110 Å². The lowest BCUT2D eigenvalue weighted by Gasteiger charge is -2.30. The lowest BCUT2D eigenvalue weighted by Crippen LogP contribution is -2.46. The molecule has 102 valence electrons. The fraction of sp³-hybridized carbons (Fsp3) is 0.667. The average molecular weight is 296 g/mol.